The van der Waals surface area contributed by atoms with Gasteiger partial charge in [-0.25, -0.2) is 0 Å². The first kappa shape index (κ1) is 13.2. The fraction of sp³-hybridized carbons (Fsp3) is 0.667. The van der Waals surface area contributed by atoms with E-state index < -0.39 is 0 Å². The van der Waals surface area contributed by atoms with E-state index in [1.165, 1.54) is 44.9 Å². The minimum atomic E-state index is 0.437. The number of hydrogen-bond acceptors (Lipinski definition) is 1. The smallest absolute Gasteiger partial charge is 0.0164 e. The zero-order chi connectivity index (χ0) is 13.1. The number of likely N-dealkylation sites (N-methyl/N-ethyl adjacent to an activating group) is 1. The Morgan fingerprint density at radius 2 is 1.95 bits per heavy atom. The molecule has 104 valence electrons. The van der Waals surface area contributed by atoms with E-state index in [9.17, 15) is 0 Å². The second-order valence-corrected chi connectivity index (χ2v) is 6.51. The molecular formula is C18H27N. The van der Waals surface area contributed by atoms with E-state index >= 15 is 0 Å². The average molecular weight is 257 g/mol. The molecular weight excluding hydrogens is 230 g/mol. The molecule has 1 aromatic rings. The van der Waals surface area contributed by atoms with Crippen LogP contribution in [0.2, 0.25) is 0 Å². The minimum absolute atomic E-state index is 0.437. The van der Waals surface area contributed by atoms with Crippen LogP contribution < -0.4 is 5.32 Å². The van der Waals surface area contributed by atoms with Gasteiger partial charge in [-0.1, -0.05) is 56.5 Å². The van der Waals surface area contributed by atoms with Crippen LogP contribution >= 0.6 is 0 Å². The first-order valence-electron chi connectivity index (χ1n) is 8.14. The average Bonchev–Trinajstić information content (AvgIpc) is 3.20. The highest BCUT2D eigenvalue weighted by atomic mass is 14.9. The Bertz CT molecular complexity index is 389. The van der Waals surface area contributed by atoms with E-state index in [1.54, 1.807) is 5.56 Å². The van der Waals surface area contributed by atoms with Gasteiger partial charge in [0, 0.05) is 11.5 Å². The van der Waals surface area contributed by atoms with E-state index in [1.807, 2.05) is 0 Å². The molecule has 3 rings (SSSR count). The van der Waals surface area contributed by atoms with Crippen molar-refractivity contribution >= 4 is 0 Å². The van der Waals surface area contributed by atoms with Crippen LogP contribution in [0.4, 0.5) is 0 Å². The Hall–Kier alpha value is -0.820. The molecule has 0 radical (unpaired) electrons. The number of rotatable bonds is 7. The zero-order valence-electron chi connectivity index (χ0n) is 12.2. The van der Waals surface area contributed by atoms with Gasteiger partial charge in [0.1, 0.15) is 0 Å². The predicted molar refractivity (Wildman–Crippen MR) is 81.4 cm³/mol. The van der Waals surface area contributed by atoms with Crippen molar-refractivity contribution in [1.29, 1.82) is 0 Å². The molecule has 2 aliphatic carbocycles. The van der Waals surface area contributed by atoms with Crippen molar-refractivity contribution in [2.75, 3.05) is 6.54 Å². The van der Waals surface area contributed by atoms with Crippen molar-refractivity contribution < 1.29 is 0 Å². The predicted octanol–water partition coefficient (Wildman–Crippen LogP) is 4.28. The molecule has 1 N–H and O–H groups in total. The molecule has 2 fully saturated rings. The first-order chi connectivity index (χ1) is 9.35. The summed E-state index contributed by atoms with van der Waals surface area (Å²) in [5.41, 5.74) is 2.01. The van der Waals surface area contributed by atoms with Crippen LogP contribution in [0.5, 0.6) is 0 Å². The Balaban J connectivity index is 1.76. The van der Waals surface area contributed by atoms with Crippen molar-refractivity contribution in [3.8, 4) is 0 Å². The lowest BCUT2D eigenvalue weighted by Gasteiger charge is -2.49. The largest absolute Gasteiger partial charge is 0.313 e. The standard InChI is InChI=1S/C18H27N/c1-2-19-17(12-11-15-9-10-15)18(13-6-14-18)16-7-4-3-5-8-16/h3-5,7-8,15,17,19H,2,6,9-14H2,1H3. The molecule has 1 atom stereocenters. The Morgan fingerprint density at radius 1 is 1.21 bits per heavy atom. The van der Waals surface area contributed by atoms with Crippen molar-refractivity contribution in [1.82, 2.24) is 5.32 Å². The highest BCUT2D eigenvalue weighted by Gasteiger charge is 2.45. The van der Waals surface area contributed by atoms with Gasteiger partial charge in [-0.2, -0.15) is 0 Å². The number of hydrogen-bond donors (Lipinski definition) is 1. The van der Waals surface area contributed by atoms with E-state index in [0.29, 0.717) is 11.5 Å². The minimum Gasteiger partial charge on any atom is -0.313 e. The summed E-state index contributed by atoms with van der Waals surface area (Å²) in [5.74, 6) is 1.05. The summed E-state index contributed by atoms with van der Waals surface area (Å²) >= 11 is 0. The summed E-state index contributed by atoms with van der Waals surface area (Å²) < 4.78 is 0. The summed E-state index contributed by atoms with van der Waals surface area (Å²) in [5, 5.41) is 3.81. The molecule has 2 aliphatic rings. The van der Waals surface area contributed by atoms with Gasteiger partial charge in [-0.15, -0.1) is 0 Å². The maximum absolute atomic E-state index is 3.81. The lowest BCUT2D eigenvalue weighted by molar-refractivity contribution is 0.160. The van der Waals surface area contributed by atoms with Crippen molar-refractivity contribution in [3.05, 3.63) is 35.9 Å². The third-order valence-electron chi connectivity index (χ3n) is 5.27. The van der Waals surface area contributed by atoms with Gasteiger partial charge in [0.15, 0.2) is 0 Å². The van der Waals surface area contributed by atoms with Crippen LogP contribution in [-0.4, -0.2) is 12.6 Å². The van der Waals surface area contributed by atoms with E-state index in [2.05, 4.69) is 42.6 Å². The SMILES string of the molecule is CCNC(CCC1CC1)C1(c2ccccc2)CCC1. The maximum atomic E-state index is 3.81. The van der Waals surface area contributed by atoms with Crippen LogP contribution in [-0.2, 0) is 5.41 Å². The molecule has 0 aliphatic heterocycles. The fourth-order valence-electron chi connectivity index (χ4n) is 3.80. The third-order valence-corrected chi connectivity index (χ3v) is 5.27. The third kappa shape index (κ3) is 2.72. The van der Waals surface area contributed by atoms with Crippen molar-refractivity contribution in [2.45, 2.75) is 63.3 Å². The Kier molecular flexibility index (Phi) is 3.93. The highest BCUT2D eigenvalue weighted by molar-refractivity contribution is 5.30. The van der Waals surface area contributed by atoms with E-state index in [-0.39, 0.29) is 0 Å². The van der Waals surface area contributed by atoms with Gasteiger partial charge in [-0.3, -0.25) is 0 Å². The molecule has 0 spiro atoms. The number of nitrogens with one attached hydrogen (secondary N) is 1. The van der Waals surface area contributed by atoms with Gasteiger partial charge in [0.2, 0.25) is 0 Å². The van der Waals surface area contributed by atoms with Crippen molar-refractivity contribution in [3.63, 3.8) is 0 Å². The molecule has 2 saturated carbocycles. The van der Waals surface area contributed by atoms with Gasteiger partial charge in [-0.05, 0) is 43.7 Å². The maximum Gasteiger partial charge on any atom is 0.0164 e. The molecule has 0 aromatic heterocycles. The quantitative estimate of drug-likeness (QED) is 0.769. The van der Waals surface area contributed by atoms with Crippen LogP contribution in [0.15, 0.2) is 30.3 Å². The van der Waals surface area contributed by atoms with Gasteiger partial charge in [0.25, 0.3) is 0 Å². The summed E-state index contributed by atoms with van der Waals surface area (Å²) in [6.07, 6.45) is 9.92. The molecule has 1 aromatic carbocycles. The second kappa shape index (κ2) is 5.66. The van der Waals surface area contributed by atoms with Gasteiger partial charge < -0.3 is 5.32 Å². The van der Waals surface area contributed by atoms with E-state index in [0.717, 1.165) is 12.5 Å². The molecule has 1 nitrogen and oxygen atoms in total. The summed E-state index contributed by atoms with van der Waals surface area (Å²) in [7, 11) is 0. The molecule has 0 bridgehead atoms. The second-order valence-electron chi connectivity index (χ2n) is 6.51. The molecule has 19 heavy (non-hydrogen) atoms. The van der Waals surface area contributed by atoms with Crippen molar-refractivity contribution in [2.24, 2.45) is 5.92 Å². The topological polar surface area (TPSA) is 12.0 Å². The zero-order valence-corrected chi connectivity index (χ0v) is 12.2. The normalized spacial score (nSPS) is 22.8. The molecule has 0 amide bonds. The number of benzene rings is 1. The summed E-state index contributed by atoms with van der Waals surface area (Å²) in [6.45, 7) is 3.35. The lowest BCUT2D eigenvalue weighted by Crippen LogP contribution is -2.52. The fourth-order valence-corrected chi connectivity index (χ4v) is 3.80. The molecule has 0 heterocycles. The first-order valence-corrected chi connectivity index (χ1v) is 8.14. The summed E-state index contributed by atoms with van der Waals surface area (Å²) in [4.78, 5) is 0. The van der Waals surface area contributed by atoms with Crippen LogP contribution in [0, 0.1) is 5.92 Å². The lowest BCUT2D eigenvalue weighted by atomic mass is 9.59. The van der Waals surface area contributed by atoms with E-state index in [4.69, 9.17) is 0 Å². The molecule has 1 heteroatoms. The van der Waals surface area contributed by atoms with Crippen LogP contribution in [0.1, 0.15) is 57.4 Å². The monoisotopic (exact) mass is 257 g/mol. The van der Waals surface area contributed by atoms with Crippen LogP contribution in [0.3, 0.4) is 0 Å². The summed E-state index contributed by atoms with van der Waals surface area (Å²) in [6, 6.07) is 11.9. The molecule has 0 saturated heterocycles. The Labute approximate surface area is 117 Å². The van der Waals surface area contributed by atoms with Crippen LogP contribution in [0.25, 0.3) is 0 Å². The van der Waals surface area contributed by atoms with Gasteiger partial charge in [0.05, 0.1) is 0 Å². The molecule has 1 unspecified atom stereocenters. The highest BCUT2D eigenvalue weighted by Crippen LogP contribution is 2.48. The Morgan fingerprint density at radius 3 is 2.47 bits per heavy atom. The van der Waals surface area contributed by atoms with Gasteiger partial charge >= 0.3 is 0 Å².